The van der Waals surface area contributed by atoms with Gasteiger partial charge in [-0.05, 0) is 12.3 Å². The Bertz CT molecular complexity index is 145. The van der Waals surface area contributed by atoms with Crippen LogP contribution in [0.1, 0.15) is 34.1 Å². The summed E-state index contributed by atoms with van der Waals surface area (Å²) in [5.74, 6) is 0.621. The topological polar surface area (TPSA) is 41.1 Å². The van der Waals surface area contributed by atoms with Crippen molar-refractivity contribution in [1.29, 1.82) is 0 Å². The number of rotatable bonds is 5. The summed E-state index contributed by atoms with van der Waals surface area (Å²) in [5.41, 5.74) is 0. The molecule has 1 unspecified atom stereocenters. The van der Waals surface area contributed by atoms with E-state index in [0.29, 0.717) is 12.0 Å². The predicted octanol–water partition coefficient (Wildman–Crippen LogP) is 1.15. The maximum Gasteiger partial charge on any atom is 0.236 e. The van der Waals surface area contributed by atoms with Crippen LogP contribution in [0, 0.1) is 5.92 Å². The lowest BCUT2D eigenvalue weighted by Gasteiger charge is -2.21. The predicted molar refractivity (Wildman–Crippen MR) is 55.6 cm³/mol. The second kappa shape index (κ2) is 5.97. The highest BCUT2D eigenvalue weighted by atomic mass is 16.2. The number of likely N-dealkylation sites (N-methyl/N-ethyl adjacent to an activating group) is 1. The molecule has 0 aliphatic rings. The number of nitrogens with one attached hydrogen (secondary N) is 2. The summed E-state index contributed by atoms with van der Waals surface area (Å²) in [5, 5.41) is 5.92. The Kier molecular flexibility index (Phi) is 5.71. The average Bonchev–Trinajstić information content (AvgIpc) is 2.00. The molecule has 0 aromatic rings. The first-order chi connectivity index (χ1) is 5.97. The molecule has 0 heterocycles. The molecule has 1 atom stereocenters. The van der Waals surface area contributed by atoms with E-state index >= 15 is 0 Å². The van der Waals surface area contributed by atoms with E-state index in [1.54, 1.807) is 7.05 Å². The number of hydrogen-bond acceptors (Lipinski definition) is 2. The molecule has 0 saturated heterocycles. The molecular weight excluding hydrogens is 164 g/mol. The maximum atomic E-state index is 11.4. The zero-order chi connectivity index (χ0) is 10.4. The Morgan fingerprint density at radius 3 is 2.08 bits per heavy atom. The van der Waals surface area contributed by atoms with Crippen molar-refractivity contribution in [2.45, 2.75) is 46.2 Å². The van der Waals surface area contributed by atoms with Gasteiger partial charge in [-0.1, -0.05) is 27.7 Å². The number of carbonyl (C=O) groups is 1. The van der Waals surface area contributed by atoms with Crippen LogP contribution in [0.5, 0.6) is 0 Å². The van der Waals surface area contributed by atoms with Gasteiger partial charge in [-0.25, -0.2) is 0 Å². The van der Waals surface area contributed by atoms with Crippen LogP contribution in [0.25, 0.3) is 0 Å². The lowest BCUT2D eigenvalue weighted by Crippen LogP contribution is -2.46. The number of amides is 1. The minimum atomic E-state index is -0.0509. The third-order valence-electron chi connectivity index (χ3n) is 1.80. The van der Waals surface area contributed by atoms with E-state index in [9.17, 15) is 4.79 Å². The largest absolute Gasteiger partial charge is 0.358 e. The van der Waals surface area contributed by atoms with Gasteiger partial charge in [0, 0.05) is 13.1 Å². The van der Waals surface area contributed by atoms with E-state index in [1.807, 2.05) is 0 Å². The Balaban J connectivity index is 4.10. The standard InChI is InChI=1S/C10H22N2O/c1-7(2)6-9(10(13)11-5)12-8(3)4/h7-9,12H,6H2,1-5H3,(H,11,13). The van der Waals surface area contributed by atoms with Crippen LogP contribution in [0.2, 0.25) is 0 Å². The van der Waals surface area contributed by atoms with Crippen LogP contribution in [-0.2, 0) is 4.79 Å². The zero-order valence-electron chi connectivity index (χ0n) is 9.35. The lowest BCUT2D eigenvalue weighted by atomic mass is 10.0. The molecule has 0 aromatic heterocycles. The fourth-order valence-electron chi connectivity index (χ4n) is 1.30. The molecule has 1 amide bonds. The zero-order valence-corrected chi connectivity index (χ0v) is 9.35. The average molecular weight is 186 g/mol. The molecule has 3 heteroatoms. The Labute approximate surface area is 81.3 Å². The van der Waals surface area contributed by atoms with Crippen molar-refractivity contribution in [3.63, 3.8) is 0 Å². The van der Waals surface area contributed by atoms with Gasteiger partial charge >= 0.3 is 0 Å². The Morgan fingerprint density at radius 1 is 1.23 bits per heavy atom. The lowest BCUT2D eigenvalue weighted by molar-refractivity contribution is -0.123. The van der Waals surface area contributed by atoms with E-state index in [2.05, 4.69) is 38.3 Å². The van der Waals surface area contributed by atoms with Gasteiger partial charge in [-0.15, -0.1) is 0 Å². The fourth-order valence-corrected chi connectivity index (χ4v) is 1.30. The highest BCUT2D eigenvalue weighted by Gasteiger charge is 2.18. The Morgan fingerprint density at radius 2 is 1.77 bits per heavy atom. The molecule has 2 N–H and O–H groups in total. The van der Waals surface area contributed by atoms with Crippen molar-refractivity contribution in [3.8, 4) is 0 Å². The van der Waals surface area contributed by atoms with Crippen molar-refractivity contribution in [1.82, 2.24) is 10.6 Å². The van der Waals surface area contributed by atoms with Gasteiger partial charge in [0.15, 0.2) is 0 Å². The molecular formula is C10H22N2O. The van der Waals surface area contributed by atoms with Crippen LogP contribution in [0.3, 0.4) is 0 Å². The molecule has 0 aliphatic heterocycles. The summed E-state index contributed by atoms with van der Waals surface area (Å²) in [4.78, 5) is 11.4. The van der Waals surface area contributed by atoms with Crippen molar-refractivity contribution in [2.24, 2.45) is 5.92 Å². The van der Waals surface area contributed by atoms with Crippen LogP contribution >= 0.6 is 0 Å². The maximum absolute atomic E-state index is 11.4. The van der Waals surface area contributed by atoms with Gasteiger partial charge in [-0.3, -0.25) is 4.79 Å². The first-order valence-corrected chi connectivity index (χ1v) is 4.95. The molecule has 78 valence electrons. The SMILES string of the molecule is CNC(=O)C(CC(C)C)NC(C)C. The van der Waals surface area contributed by atoms with Gasteiger partial charge < -0.3 is 10.6 Å². The fraction of sp³-hybridized carbons (Fsp3) is 0.900. The van der Waals surface area contributed by atoms with Crippen molar-refractivity contribution in [2.75, 3.05) is 7.05 Å². The summed E-state index contributed by atoms with van der Waals surface area (Å²) >= 11 is 0. The van der Waals surface area contributed by atoms with Gasteiger partial charge in [-0.2, -0.15) is 0 Å². The highest BCUT2D eigenvalue weighted by molar-refractivity contribution is 5.81. The molecule has 13 heavy (non-hydrogen) atoms. The first kappa shape index (κ1) is 12.4. The van der Waals surface area contributed by atoms with E-state index in [0.717, 1.165) is 6.42 Å². The summed E-state index contributed by atoms with van der Waals surface area (Å²) in [6, 6.07) is 0.297. The van der Waals surface area contributed by atoms with Crippen molar-refractivity contribution in [3.05, 3.63) is 0 Å². The van der Waals surface area contributed by atoms with E-state index in [-0.39, 0.29) is 11.9 Å². The number of hydrogen-bond donors (Lipinski definition) is 2. The van der Waals surface area contributed by atoms with Gasteiger partial charge in [0.1, 0.15) is 0 Å². The summed E-state index contributed by atoms with van der Waals surface area (Å²) in [6.07, 6.45) is 0.887. The third kappa shape index (κ3) is 5.64. The van der Waals surface area contributed by atoms with E-state index < -0.39 is 0 Å². The van der Waals surface area contributed by atoms with E-state index in [4.69, 9.17) is 0 Å². The monoisotopic (exact) mass is 186 g/mol. The molecule has 0 spiro atoms. The quantitative estimate of drug-likeness (QED) is 0.676. The normalized spacial score (nSPS) is 13.5. The molecule has 0 aromatic carbocycles. The second-order valence-corrected chi connectivity index (χ2v) is 4.12. The molecule has 0 bridgehead atoms. The van der Waals surface area contributed by atoms with Crippen LogP contribution in [0.15, 0.2) is 0 Å². The molecule has 0 rings (SSSR count). The second-order valence-electron chi connectivity index (χ2n) is 4.12. The Hall–Kier alpha value is -0.570. The molecule has 0 aliphatic carbocycles. The summed E-state index contributed by atoms with van der Waals surface area (Å²) < 4.78 is 0. The van der Waals surface area contributed by atoms with Crippen LogP contribution in [-0.4, -0.2) is 25.0 Å². The van der Waals surface area contributed by atoms with Gasteiger partial charge in [0.05, 0.1) is 6.04 Å². The minimum absolute atomic E-state index is 0.0509. The highest BCUT2D eigenvalue weighted by Crippen LogP contribution is 2.05. The van der Waals surface area contributed by atoms with Crippen molar-refractivity contribution < 1.29 is 4.79 Å². The van der Waals surface area contributed by atoms with Gasteiger partial charge in [0.25, 0.3) is 0 Å². The van der Waals surface area contributed by atoms with E-state index in [1.165, 1.54) is 0 Å². The molecule has 0 saturated carbocycles. The van der Waals surface area contributed by atoms with Crippen molar-refractivity contribution >= 4 is 5.91 Å². The molecule has 0 fully saturated rings. The van der Waals surface area contributed by atoms with Crippen LogP contribution < -0.4 is 10.6 Å². The third-order valence-corrected chi connectivity index (χ3v) is 1.80. The number of carbonyl (C=O) groups excluding carboxylic acids is 1. The minimum Gasteiger partial charge on any atom is -0.358 e. The van der Waals surface area contributed by atoms with Gasteiger partial charge in [0.2, 0.25) is 5.91 Å². The smallest absolute Gasteiger partial charge is 0.236 e. The molecule has 3 nitrogen and oxygen atoms in total. The summed E-state index contributed by atoms with van der Waals surface area (Å²) in [6.45, 7) is 8.35. The van der Waals surface area contributed by atoms with Crippen LogP contribution in [0.4, 0.5) is 0 Å². The first-order valence-electron chi connectivity index (χ1n) is 4.95. The summed E-state index contributed by atoms with van der Waals surface area (Å²) in [7, 11) is 1.68. The molecule has 0 radical (unpaired) electrons.